The smallest absolute Gasteiger partial charge is 0.456 e. The molecular formula is C6H13O3Si. The first kappa shape index (κ1) is 9.65. The van der Waals surface area contributed by atoms with Crippen LogP contribution in [0.5, 0.6) is 0 Å². The number of hydrogen-bond acceptors (Lipinski definition) is 3. The Balaban J connectivity index is 3.43. The van der Waals surface area contributed by atoms with Crippen molar-refractivity contribution in [1.29, 1.82) is 0 Å². The highest BCUT2D eigenvalue weighted by molar-refractivity contribution is 6.44. The Kier molecular flexibility index (Phi) is 4.30. The van der Waals surface area contributed by atoms with Gasteiger partial charge in [-0.15, -0.1) is 0 Å². The molecule has 59 valence electrons. The van der Waals surface area contributed by atoms with Crippen molar-refractivity contribution in [3.05, 3.63) is 0 Å². The third kappa shape index (κ3) is 5.78. The molecule has 3 nitrogen and oxygen atoms in total. The number of carbonyl (C=O) groups is 1. The Morgan fingerprint density at radius 1 is 1.50 bits per heavy atom. The number of hydrogen-bond donors (Lipinski definition) is 0. The van der Waals surface area contributed by atoms with Crippen molar-refractivity contribution in [1.82, 2.24) is 0 Å². The van der Waals surface area contributed by atoms with Crippen molar-refractivity contribution in [3.63, 3.8) is 0 Å². The summed E-state index contributed by atoms with van der Waals surface area (Å²) >= 11 is 0. The monoisotopic (exact) mass is 161 g/mol. The molecule has 4 heteroatoms. The van der Waals surface area contributed by atoms with Crippen LogP contribution in [-0.4, -0.2) is 21.4 Å². The molecule has 0 aliphatic heterocycles. The fraction of sp³-hybridized carbons (Fsp3) is 0.833. The molecule has 0 atom stereocenters. The first-order valence-corrected chi connectivity index (χ1v) is 5.02. The quantitative estimate of drug-likeness (QED) is 0.581. The third-order valence-electron chi connectivity index (χ3n) is 0.689. The molecule has 0 unspecified atom stereocenters. The summed E-state index contributed by atoms with van der Waals surface area (Å²) in [7, 11) is -1.34. The molecule has 0 aliphatic rings. The van der Waals surface area contributed by atoms with Gasteiger partial charge in [0.25, 0.3) is 5.97 Å². The average Bonchev–Trinajstić information content (AvgIpc) is 1.58. The van der Waals surface area contributed by atoms with Gasteiger partial charge in [-0.1, -0.05) is 0 Å². The first-order chi connectivity index (χ1) is 4.52. The Morgan fingerprint density at radius 3 is 2.30 bits per heavy atom. The molecule has 0 aliphatic carbocycles. The average molecular weight is 161 g/mol. The highest BCUT2D eigenvalue weighted by Crippen LogP contribution is 1.94. The van der Waals surface area contributed by atoms with Crippen LogP contribution in [0, 0.1) is 0 Å². The lowest BCUT2D eigenvalue weighted by Gasteiger charge is -2.11. The van der Waals surface area contributed by atoms with Gasteiger partial charge in [0.2, 0.25) is 0 Å². The summed E-state index contributed by atoms with van der Waals surface area (Å²) in [6.07, 6.45) is 0.137. The maximum absolute atomic E-state index is 10.4. The molecule has 0 spiro atoms. The van der Waals surface area contributed by atoms with E-state index in [2.05, 4.69) is 0 Å². The fourth-order valence-corrected chi connectivity index (χ4v) is 1.68. The SMILES string of the molecule is CC(=O)O[Si](C)OC(C)C. The largest absolute Gasteiger partial charge is 0.492 e. The van der Waals surface area contributed by atoms with Crippen molar-refractivity contribution in [2.45, 2.75) is 33.4 Å². The van der Waals surface area contributed by atoms with Gasteiger partial charge in [0.05, 0.1) is 0 Å². The van der Waals surface area contributed by atoms with Gasteiger partial charge in [-0.2, -0.15) is 0 Å². The van der Waals surface area contributed by atoms with Crippen molar-refractivity contribution in [2.24, 2.45) is 0 Å². The second kappa shape index (κ2) is 4.46. The molecule has 0 saturated heterocycles. The highest BCUT2D eigenvalue weighted by Gasteiger charge is 2.12. The van der Waals surface area contributed by atoms with Crippen molar-refractivity contribution >= 4 is 15.3 Å². The van der Waals surface area contributed by atoms with Crippen LogP contribution in [0.1, 0.15) is 20.8 Å². The maximum Gasteiger partial charge on any atom is 0.456 e. The van der Waals surface area contributed by atoms with E-state index < -0.39 is 9.28 Å². The van der Waals surface area contributed by atoms with Crippen LogP contribution in [0.2, 0.25) is 6.55 Å². The molecule has 0 rings (SSSR count). The molecule has 10 heavy (non-hydrogen) atoms. The molecule has 0 aromatic carbocycles. The maximum atomic E-state index is 10.4. The molecule has 0 amide bonds. The Labute approximate surface area is 63.2 Å². The molecule has 0 heterocycles. The normalized spacial score (nSPS) is 10.6. The lowest BCUT2D eigenvalue weighted by molar-refractivity contribution is -0.133. The van der Waals surface area contributed by atoms with Crippen molar-refractivity contribution in [2.75, 3.05) is 0 Å². The number of rotatable bonds is 3. The predicted molar refractivity (Wildman–Crippen MR) is 39.6 cm³/mol. The van der Waals surface area contributed by atoms with E-state index in [1.54, 1.807) is 6.55 Å². The second-order valence-electron chi connectivity index (χ2n) is 2.25. The van der Waals surface area contributed by atoms with Crippen LogP contribution in [0.15, 0.2) is 0 Å². The minimum Gasteiger partial charge on any atom is -0.492 e. The Hall–Kier alpha value is -0.353. The zero-order valence-electron chi connectivity index (χ0n) is 6.80. The van der Waals surface area contributed by atoms with Crippen molar-refractivity contribution < 1.29 is 13.6 Å². The van der Waals surface area contributed by atoms with E-state index in [-0.39, 0.29) is 12.1 Å². The molecule has 0 saturated carbocycles. The Bertz CT molecular complexity index is 114. The molecule has 0 N–H and O–H groups in total. The van der Waals surface area contributed by atoms with Gasteiger partial charge in [0.15, 0.2) is 0 Å². The van der Waals surface area contributed by atoms with Crippen LogP contribution in [0.3, 0.4) is 0 Å². The lowest BCUT2D eigenvalue weighted by Crippen LogP contribution is -2.24. The van der Waals surface area contributed by atoms with Gasteiger partial charge < -0.3 is 8.85 Å². The first-order valence-electron chi connectivity index (χ1n) is 3.21. The summed E-state index contributed by atoms with van der Waals surface area (Å²) in [5.41, 5.74) is 0. The minimum atomic E-state index is -1.34. The van der Waals surface area contributed by atoms with Gasteiger partial charge in [-0.05, 0) is 20.4 Å². The molecule has 0 aromatic rings. The molecule has 0 bridgehead atoms. The topological polar surface area (TPSA) is 35.5 Å². The summed E-state index contributed by atoms with van der Waals surface area (Å²) < 4.78 is 10.0. The lowest BCUT2D eigenvalue weighted by atomic mass is 10.5. The summed E-state index contributed by atoms with van der Waals surface area (Å²) in [4.78, 5) is 10.4. The van der Waals surface area contributed by atoms with Gasteiger partial charge in [0.1, 0.15) is 0 Å². The van der Waals surface area contributed by atoms with E-state index in [1.165, 1.54) is 6.92 Å². The van der Waals surface area contributed by atoms with E-state index in [0.29, 0.717) is 0 Å². The van der Waals surface area contributed by atoms with E-state index in [0.717, 1.165) is 0 Å². The van der Waals surface area contributed by atoms with Crippen LogP contribution >= 0.6 is 0 Å². The van der Waals surface area contributed by atoms with E-state index in [4.69, 9.17) is 8.85 Å². The summed E-state index contributed by atoms with van der Waals surface area (Å²) in [5.74, 6) is -0.267. The second-order valence-corrected chi connectivity index (χ2v) is 3.67. The molecule has 0 fully saturated rings. The molecular weight excluding hydrogens is 148 g/mol. The van der Waals surface area contributed by atoms with Crippen LogP contribution in [0.4, 0.5) is 0 Å². The van der Waals surface area contributed by atoms with E-state index in [9.17, 15) is 4.79 Å². The van der Waals surface area contributed by atoms with Crippen LogP contribution in [0.25, 0.3) is 0 Å². The standard InChI is InChI=1S/C6H13O3Si/c1-5(2)8-10(4)9-6(3)7/h5H,1-4H3. The van der Waals surface area contributed by atoms with Crippen LogP contribution < -0.4 is 0 Å². The summed E-state index contributed by atoms with van der Waals surface area (Å²) in [5, 5.41) is 0. The zero-order chi connectivity index (χ0) is 8.15. The zero-order valence-corrected chi connectivity index (χ0v) is 7.80. The van der Waals surface area contributed by atoms with E-state index in [1.807, 2.05) is 13.8 Å². The van der Waals surface area contributed by atoms with Gasteiger partial charge in [-0.25, -0.2) is 0 Å². The predicted octanol–water partition coefficient (Wildman–Crippen LogP) is 1.09. The van der Waals surface area contributed by atoms with Crippen LogP contribution in [-0.2, 0) is 13.6 Å². The summed E-state index contributed by atoms with van der Waals surface area (Å²) in [6.45, 7) is 7.01. The van der Waals surface area contributed by atoms with Gasteiger partial charge in [0, 0.05) is 13.0 Å². The minimum absolute atomic E-state index is 0.137. The molecule has 1 radical (unpaired) electrons. The van der Waals surface area contributed by atoms with Crippen molar-refractivity contribution in [3.8, 4) is 0 Å². The van der Waals surface area contributed by atoms with Gasteiger partial charge >= 0.3 is 9.28 Å². The number of carbonyl (C=O) groups excluding carboxylic acids is 1. The van der Waals surface area contributed by atoms with E-state index >= 15 is 0 Å². The summed E-state index contributed by atoms with van der Waals surface area (Å²) in [6, 6.07) is 0. The molecule has 0 aromatic heterocycles. The highest BCUT2D eigenvalue weighted by atomic mass is 28.3. The third-order valence-corrected chi connectivity index (χ3v) is 2.07. The Morgan fingerprint density at radius 2 is 2.00 bits per heavy atom. The fourth-order valence-electron chi connectivity index (χ4n) is 0.558. The van der Waals surface area contributed by atoms with Gasteiger partial charge in [-0.3, -0.25) is 4.79 Å².